The van der Waals surface area contributed by atoms with Crippen LogP contribution in [0.5, 0.6) is 0 Å². The van der Waals surface area contributed by atoms with Crippen LogP contribution in [0, 0.1) is 0 Å². The van der Waals surface area contributed by atoms with E-state index in [9.17, 15) is 0 Å². The zero-order chi connectivity index (χ0) is 11.0. The van der Waals surface area contributed by atoms with Crippen molar-refractivity contribution < 1.29 is 0 Å². The molecule has 1 aliphatic heterocycles. The van der Waals surface area contributed by atoms with Crippen molar-refractivity contribution >= 4 is 23.0 Å². The van der Waals surface area contributed by atoms with Crippen LogP contribution >= 0.6 is 12.2 Å². The Labute approximate surface area is 99.1 Å². The Morgan fingerprint density at radius 2 is 2.00 bits per heavy atom. The van der Waals surface area contributed by atoms with Gasteiger partial charge in [0.05, 0.1) is 17.9 Å². The number of para-hydroxylation sites is 2. The molecule has 2 heterocycles. The van der Waals surface area contributed by atoms with Crippen LogP contribution in [0.1, 0.15) is 5.69 Å². The lowest BCUT2D eigenvalue weighted by atomic mass is 10.2. The number of anilines is 1. The summed E-state index contributed by atoms with van der Waals surface area (Å²) >= 11 is 5.20. The molecule has 0 saturated heterocycles. The predicted octanol–water partition coefficient (Wildman–Crippen LogP) is 2.28. The van der Waals surface area contributed by atoms with Crippen LogP contribution in [0.4, 0.5) is 5.69 Å². The van der Waals surface area contributed by atoms with Gasteiger partial charge >= 0.3 is 0 Å². The Morgan fingerprint density at radius 1 is 1.12 bits per heavy atom. The second-order valence-electron chi connectivity index (χ2n) is 3.69. The Kier molecular flexibility index (Phi) is 2.15. The van der Waals surface area contributed by atoms with Crippen LogP contribution < -0.4 is 10.6 Å². The summed E-state index contributed by atoms with van der Waals surface area (Å²) in [5.41, 5.74) is 3.36. The summed E-state index contributed by atoms with van der Waals surface area (Å²) in [6.45, 7) is 0.743. The normalized spacial score (nSPS) is 13.9. The molecule has 0 fully saturated rings. The molecule has 0 spiro atoms. The largest absolute Gasteiger partial charge is 0.357 e. The molecule has 0 atom stereocenters. The zero-order valence-electron chi connectivity index (χ0n) is 8.60. The zero-order valence-corrected chi connectivity index (χ0v) is 9.42. The molecule has 0 saturated carbocycles. The van der Waals surface area contributed by atoms with Gasteiger partial charge in [-0.3, -0.25) is 0 Å². The maximum atomic E-state index is 5.20. The molecule has 1 aromatic heterocycles. The average molecular weight is 229 g/mol. The first-order valence-electron chi connectivity index (χ1n) is 5.15. The number of hydrogen-bond acceptors (Lipinski definition) is 1. The third kappa shape index (κ3) is 1.47. The Hall–Kier alpha value is -1.81. The fourth-order valence-corrected chi connectivity index (χ4v) is 2.10. The van der Waals surface area contributed by atoms with Gasteiger partial charge in [-0.15, -0.1) is 0 Å². The van der Waals surface area contributed by atoms with Crippen molar-refractivity contribution in [3.05, 3.63) is 48.3 Å². The summed E-state index contributed by atoms with van der Waals surface area (Å²) in [4.78, 5) is 0. The quantitative estimate of drug-likeness (QED) is 0.679. The van der Waals surface area contributed by atoms with E-state index < -0.39 is 0 Å². The van der Waals surface area contributed by atoms with Gasteiger partial charge in [0.1, 0.15) is 0 Å². The first-order chi connectivity index (χ1) is 7.84. The minimum Gasteiger partial charge on any atom is -0.357 e. The number of benzene rings is 1. The minimum absolute atomic E-state index is 0.667. The number of aromatic nitrogens is 1. The van der Waals surface area contributed by atoms with E-state index in [1.165, 1.54) is 5.69 Å². The second kappa shape index (κ2) is 3.64. The minimum atomic E-state index is 0.667. The molecule has 1 aliphatic rings. The van der Waals surface area contributed by atoms with E-state index in [0.717, 1.165) is 17.9 Å². The van der Waals surface area contributed by atoms with Crippen LogP contribution in [0.15, 0.2) is 42.6 Å². The lowest BCUT2D eigenvalue weighted by Crippen LogP contribution is -2.31. The van der Waals surface area contributed by atoms with Gasteiger partial charge in [0, 0.05) is 11.9 Å². The lowest BCUT2D eigenvalue weighted by Gasteiger charge is -2.20. The SMILES string of the molecule is S=C1NCc2cccn2-c2ccccc2N1. The van der Waals surface area contributed by atoms with E-state index in [-0.39, 0.29) is 0 Å². The molecule has 0 unspecified atom stereocenters. The molecule has 0 bridgehead atoms. The van der Waals surface area contributed by atoms with Crippen molar-refractivity contribution in [2.45, 2.75) is 6.54 Å². The van der Waals surface area contributed by atoms with Gasteiger partial charge < -0.3 is 15.2 Å². The van der Waals surface area contributed by atoms with Crippen molar-refractivity contribution in [1.29, 1.82) is 0 Å². The average Bonchev–Trinajstić information content (AvgIpc) is 2.73. The number of nitrogens with zero attached hydrogens (tertiary/aromatic N) is 1. The first kappa shape index (κ1) is 9.42. The molecule has 2 N–H and O–H groups in total. The van der Waals surface area contributed by atoms with Gasteiger partial charge in [0.15, 0.2) is 5.11 Å². The highest BCUT2D eigenvalue weighted by atomic mass is 32.1. The molecule has 3 rings (SSSR count). The molecular formula is C12H11N3S. The molecule has 0 radical (unpaired) electrons. The molecule has 4 heteroatoms. The van der Waals surface area contributed by atoms with Crippen LogP contribution in [0.25, 0.3) is 5.69 Å². The molecular weight excluding hydrogens is 218 g/mol. The standard InChI is InChI=1S/C12H11N3S/c16-12-13-8-9-4-3-7-15(9)11-6-2-1-5-10(11)14-12/h1-7H,8H2,(H2,13,14,16). The first-order valence-corrected chi connectivity index (χ1v) is 5.56. The number of hydrogen-bond donors (Lipinski definition) is 2. The van der Waals surface area contributed by atoms with Crippen molar-refractivity contribution in [1.82, 2.24) is 9.88 Å². The van der Waals surface area contributed by atoms with E-state index in [2.05, 4.69) is 33.5 Å². The fourth-order valence-electron chi connectivity index (χ4n) is 1.92. The smallest absolute Gasteiger partial charge is 0.171 e. The van der Waals surface area contributed by atoms with Gasteiger partial charge in [-0.05, 0) is 36.5 Å². The fraction of sp³-hybridized carbons (Fsp3) is 0.0833. The number of fused-ring (bicyclic) bond motifs is 3. The summed E-state index contributed by atoms with van der Waals surface area (Å²) in [5, 5.41) is 7.03. The number of rotatable bonds is 0. The van der Waals surface area contributed by atoms with Crippen LogP contribution in [0.2, 0.25) is 0 Å². The summed E-state index contributed by atoms with van der Waals surface area (Å²) in [5.74, 6) is 0. The predicted molar refractivity (Wildman–Crippen MR) is 68.8 cm³/mol. The maximum Gasteiger partial charge on any atom is 0.171 e. The molecule has 0 aliphatic carbocycles. The van der Waals surface area contributed by atoms with Gasteiger partial charge in [-0.2, -0.15) is 0 Å². The van der Waals surface area contributed by atoms with E-state index in [1.807, 2.05) is 24.3 Å². The van der Waals surface area contributed by atoms with E-state index in [0.29, 0.717) is 5.11 Å². The third-order valence-electron chi connectivity index (χ3n) is 2.68. The highest BCUT2D eigenvalue weighted by molar-refractivity contribution is 7.80. The van der Waals surface area contributed by atoms with E-state index in [1.54, 1.807) is 0 Å². The summed E-state index contributed by atoms with van der Waals surface area (Å²) in [7, 11) is 0. The van der Waals surface area contributed by atoms with Gasteiger partial charge in [0.2, 0.25) is 0 Å². The van der Waals surface area contributed by atoms with Gasteiger partial charge in [-0.25, -0.2) is 0 Å². The van der Waals surface area contributed by atoms with Crippen molar-refractivity contribution in [3.63, 3.8) is 0 Å². The Balaban J connectivity index is 2.22. The monoisotopic (exact) mass is 229 g/mol. The number of thiocarbonyl (C=S) groups is 1. The lowest BCUT2D eigenvalue weighted by molar-refractivity contribution is 0.833. The van der Waals surface area contributed by atoms with Crippen LogP contribution in [-0.2, 0) is 6.54 Å². The summed E-state index contributed by atoms with van der Waals surface area (Å²) < 4.78 is 2.16. The molecule has 1 aromatic carbocycles. The van der Waals surface area contributed by atoms with Crippen LogP contribution in [0.3, 0.4) is 0 Å². The molecule has 80 valence electrons. The highest BCUT2D eigenvalue weighted by Crippen LogP contribution is 2.23. The van der Waals surface area contributed by atoms with Crippen molar-refractivity contribution in [2.75, 3.05) is 5.32 Å². The number of nitrogens with one attached hydrogen (secondary N) is 2. The Bertz CT molecular complexity index is 545. The molecule has 3 nitrogen and oxygen atoms in total. The van der Waals surface area contributed by atoms with E-state index >= 15 is 0 Å². The second-order valence-corrected chi connectivity index (χ2v) is 4.10. The third-order valence-corrected chi connectivity index (χ3v) is 2.92. The van der Waals surface area contributed by atoms with E-state index in [4.69, 9.17) is 12.2 Å². The molecule has 0 amide bonds. The molecule has 2 aromatic rings. The highest BCUT2D eigenvalue weighted by Gasteiger charge is 2.12. The van der Waals surface area contributed by atoms with Crippen LogP contribution in [-0.4, -0.2) is 9.68 Å². The van der Waals surface area contributed by atoms with Gasteiger partial charge in [0.25, 0.3) is 0 Å². The maximum absolute atomic E-state index is 5.20. The van der Waals surface area contributed by atoms with Crippen molar-refractivity contribution in [2.24, 2.45) is 0 Å². The summed E-state index contributed by atoms with van der Waals surface area (Å²) in [6, 6.07) is 12.3. The van der Waals surface area contributed by atoms with Crippen molar-refractivity contribution in [3.8, 4) is 5.69 Å². The Morgan fingerprint density at radius 3 is 2.94 bits per heavy atom. The summed E-state index contributed by atoms with van der Waals surface area (Å²) in [6.07, 6.45) is 2.06. The van der Waals surface area contributed by atoms with Gasteiger partial charge in [-0.1, -0.05) is 12.1 Å². The molecule has 16 heavy (non-hydrogen) atoms. The topological polar surface area (TPSA) is 29.0 Å².